The fourth-order valence-electron chi connectivity index (χ4n) is 5.06. The molecule has 40 heavy (non-hydrogen) atoms. The second-order valence-electron chi connectivity index (χ2n) is 11.8. The van der Waals surface area contributed by atoms with Crippen LogP contribution in [0.2, 0.25) is 0 Å². The molecule has 0 aromatic rings. The Morgan fingerprint density at radius 3 is 0.700 bits per heavy atom. The van der Waals surface area contributed by atoms with Crippen LogP contribution in [0.4, 0.5) is 0 Å². The van der Waals surface area contributed by atoms with Crippen LogP contribution in [0.25, 0.3) is 0 Å². The first-order valence-corrected chi connectivity index (χ1v) is 19.2. The topological polar surface area (TPSA) is 79.8 Å². The Labute approximate surface area is 252 Å². The quantitative estimate of drug-likeness (QED) is 0.0594. The third-order valence-electron chi connectivity index (χ3n) is 7.74. The predicted molar refractivity (Wildman–Crippen MR) is 177 cm³/mol. The van der Waals surface area contributed by atoms with Crippen molar-refractivity contribution in [1.82, 2.24) is 6.15 Å². The molecule has 0 aliphatic heterocycles. The van der Waals surface area contributed by atoms with E-state index in [1.54, 1.807) is 0 Å². The van der Waals surface area contributed by atoms with E-state index in [1.807, 2.05) is 0 Å². The maximum atomic E-state index is 13.2. The molecule has 3 N–H and O–H groups in total. The summed E-state index contributed by atoms with van der Waals surface area (Å²) in [6.45, 7) is 8.17. The fourth-order valence-corrected chi connectivity index (χ4v) is 6.34. The summed E-state index contributed by atoms with van der Waals surface area (Å²) < 4.78 is 30.4. The first-order valence-electron chi connectivity index (χ1n) is 17.7. The van der Waals surface area contributed by atoms with E-state index in [0.717, 1.165) is 38.5 Å². The molecule has 0 rings (SSSR count). The molecule has 6 heteroatoms. The molecule has 5 nitrogen and oxygen atoms in total. The third-order valence-corrected chi connectivity index (χ3v) is 9.24. The second-order valence-corrected chi connectivity index (χ2v) is 13.5. The molecule has 0 aliphatic carbocycles. The molecule has 244 valence electrons. The van der Waals surface area contributed by atoms with Crippen molar-refractivity contribution in [2.75, 3.05) is 19.8 Å². The van der Waals surface area contributed by atoms with Crippen LogP contribution >= 0.6 is 7.82 Å². The molecule has 0 aromatic heterocycles. The first-order chi connectivity index (χ1) is 19.2. The minimum absolute atomic E-state index is 0. The van der Waals surface area contributed by atoms with Crippen molar-refractivity contribution in [3.05, 3.63) is 0 Å². The van der Waals surface area contributed by atoms with E-state index >= 15 is 0 Å². The molecule has 0 spiro atoms. The molecule has 0 saturated carbocycles. The van der Waals surface area contributed by atoms with Crippen LogP contribution in [-0.2, 0) is 18.1 Å². The highest BCUT2D eigenvalue weighted by Crippen LogP contribution is 2.50. The van der Waals surface area contributed by atoms with Gasteiger partial charge in [-0.15, -0.1) is 0 Å². The zero-order valence-electron chi connectivity index (χ0n) is 27.7. The van der Waals surface area contributed by atoms with Gasteiger partial charge in [-0.05, 0) is 19.3 Å². The summed E-state index contributed by atoms with van der Waals surface area (Å²) >= 11 is 0. The number of hydrogen-bond acceptors (Lipinski definition) is 5. The van der Waals surface area contributed by atoms with Gasteiger partial charge in [-0.1, -0.05) is 181 Å². The van der Waals surface area contributed by atoms with Gasteiger partial charge in [0, 0.05) is 0 Å². The van der Waals surface area contributed by atoms with Crippen LogP contribution in [0, 0.1) is 0 Å². The number of rotatable bonds is 34. The largest absolute Gasteiger partial charge is 0.474 e. The summed E-state index contributed by atoms with van der Waals surface area (Å²) in [4.78, 5) is 0. The molecule has 0 fully saturated rings. The van der Waals surface area contributed by atoms with E-state index < -0.39 is 7.82 Å². The van der Waals surface area contributed by atoms with Gasteiger partial charge in [-0.2, -0.15) is 0 Å². The number of phosphoric acid groups is 1. The van der Waals surface area contributed by atoms with E-state index in [4.69, 9.17) is 13.6 Å². The highest BCUT2D eigenvalue weighted by atomic mass is 31.2. The molecular formula is C34H74NO4P. The predicted octanol–water partition coefficient (Wildman–Crippen LogP) is 13.3. The number of hydrogen-bond donors (Lipinski definition) is 1. The maximum Gasteiger partial charge on any atom is 0.474 e. The van der Waals surface area contributed by atoms with Crippen molar-refractivity contribution in [2.45, 2.75) is 201 Å². The molecule has 0 saturated heterocycles. The number of phosphoric ester groups is 1. The second kappa shape index (κ2) is 35.3. The van der Waals surface area contributed by atoms with Crippen molar-refractivity contribution in [3.63, 3.8) is 0 Å². The summed E-state index contributed by atoms with van der Waals surface area (Å²) in [5.41, 5.74) is 0. The zero-order chi connectivity index (χ0) is 28.5. The Morgan fingerprint density at radius 1 is 0.325 bits per heavy atom. The summed E-state index contributed by atoms with van der Waals surface area (Å²) in [7, 11) is -3.43. The molecule has 0 heterocycles. The van der Waals surface area contributed by atoms with Gasteiger partial charge in [0.2, 0.25) is 0 Å². The monoisotopic (exact) mass is 592 g/mol. The third kappa shape index (κ3) is 32.6. The number of unbranched alkanes of at least 4 members (excludes halogenated alkanes) is 25. The van der Waals surface area contributed by atoms with Crippen molar-refractivity contribution >= 4 is 7.82 Å². The van der Waals surface area contributed by atoms with Crippen LogP contribution in [0.3, 0.4) is 0 Å². The minimum atomic E-state index is -3.43. The molecule has 0 bridgehead atoms. The Bertz CT molecular complexity index is 484. The lowest BCUT2D eigenvalue weighted by Gasteiger charge is -2.18. The molecular weight excluding hydrogens is 517 g/mol. The Morgan fingerprint density at radius 2 is 0.500 bits per heavy atom. The van der Waals surface area contributed by atoms with Crippen LogP contribution in [0.5, 0.6) is 0 Å². The smallest absolute Gasteiger partial charge is 0.344 e. The SMILES string of the molecule is CCCCCCCCCCCCCCCCCCOP(=O)(OCCCCCCCC)OCCCCCCCC.N. The zero-order valence-corrected chi connectivity index (χ0v) is 28.6. The van der Waals surface area contributed by atoms with Gasteiger partial charge in [0.25, 0.3) is 0 Å². The van der Waals surface area contributed by atoms with Crippen molar-refractivity contribution in [3.8, 4) is 0 Å². The van der Waals surface area contributed by atoms with Gasteiger partial charge >= 0.3 is 7.82 Å². The van der Waals surface area contributed by atoms with Crippen molar-refractivity contribution in [2.24, 2.45) is 0 Å². The highest BCUT2D eigenvalue weighted by Gasteiger charge is 2.26. The summed E-state index contributed by atoms with van der Waals surface area (Å²) in [5, 5.41) is 0. The molecule has 0 amide bonds. The summed E-state index contributed by atoms with van der Waals surface area (Å²) in [5.74, 6) is 0. The molecule has 0 unspecified atom stereocenters. The lowest BCUT2D eigenvalue weighted by Crippen LogP contribution is -2.04. The summed E-state index contributed by atoms with van der Waals surface area (Å²) in [6, 6.07) is 0. The van der Waals surface area contributed by atoms with Gasteiger partial charge in [0.15, 0.2) is 0 Å². The fraction of sp³-hybridized carbons (Fsp3) is 1.00. The molecule has 0 radical (unpaired) electrons. The van der Waals surface area contributed by atoms with E-state index in [1.165, 1.54) is 141 Å². The van der Waals surface area contributed by atoms with Gasteiger partial charge in [-0.3, -0.25) is 13.6 Å². The molecule has 0 atom stereocenters. The summed E-state index contributed by atoms with van der Waals surface area (Å²) in [6.07, 6.45) is 35.7. The van der Waals surface area contributed by atoms with Gasteiger partial charge < -0.3 is 6.15 Å². The maximum absolute atomic E-state index is 13.2. The van der Waals surface area contributed by atoms with Gasteiger partial charge in [0.1, 0.15) is 0 Å². The average Bonchev–Trinajstić information content (AvgIpc) is 2.94. The Balaban J connectivity index is 0. The standard InChI is InChI=1S/C34H71O4P.H3N/c1-4-7-10-13-16-17-18-19-20-21-22-23-24-25-28-31-34-38-39(35,36-32-29-26-14-11-8-5-2)37-33-30-27-15-12-9-6-3;/h4-34H2,1-3H3;1H3. The molecule has 0 aromatic carbocycles. The average molecular weight is 592 g/mol. The lowest BCUT2D eigenvalue weighted by atomic mass is 10.0. The lowest BCUT2D eigenvalue weighted by molar-refractivity contribution is 0.108. The normalized spacial score (nSPS) is 11.7. The van der Waals surface area contributed by atoms with Crippen LogP contribution in [0.1, 0.15) is 201 Å². The van der Waals surface area contributed by atoms with Crippen molar-refractivity contribution in [1.29, 1.82) is 0 Å². The van der Waals surface area contributed by atoms with Gasteiger partial charge in [-0.25, -0.2) is 4.57 Å². The van der Waals surface area contributed by atoms with E-state index in [-0.39, 0.29) is 6.15 Å². The van der Waals surface area contributed by atoms with Crippen LogP contribution < -0.4 is 6.15 Å². The highest BCUT2D eigenvalue weighted by molar-refractivity contribution is 7.48. The Kier molecular flexibility index (Phi) is 37.2. The van der Waals surface area contributed by atoms with E-state index in [0.29, 0.717) is 19.8 Å². The van der Waals surface area contributed by atoms with Crippen LogP contribution in [0.15, 0.2) is 0 Å². The first kappa shape index (κ1) is 42.2. The Hall–Kier alpha value is 0.0700. The van der Waals surface area contributed by atoms with Crippen LogP contribution in [-0.4, -0.2) is 19.8 Å². The van der Waals surface area contributed by atoms with E-state index in [9.17, 15) is 4.57 Å². The minimum Gasteiger partial charge on any atom is -0.344 e. The van der Waals surface area contributed by atoms with Gasteiger partial charge in [0.05, 0.1) is 19.8 Å². The molecule has 0 aliphatic rings. The van der Waals surface area contributed by atoms with Crippen molar-refractivity contribution < 1.29 is 18.1 Å². The van der Waals surface area contributed by atoms with E-state index in [2.05, 4.69) is 20.8 Å².